The molecule has 1 nitrogen and oxygen atoms in total. The first-order chi connectivity index (χ1) is 9.34. The van der Waals surface area contributed by atoms with Crippen molar-refractivity contribution < 1.29 is 0 Å². The SMILES string of the molecule is Clc1c(C#Cc2ccccc2)cnc2ccccc12. The molecule has 0 spiro atoms. The lowest BCUT2D eigenvalue weighted by Gasteiger charge is -2.01. The number of para-hydroxylation sites is 1. The van der Waals surface area contributed by atoms with Gasteiger partial charge in [-0.05, 0) is 18.2 Å². The summed E-state index contributed by atoms with van der Waals surface area (Å²) in [5.74, 6) is 6.17. The number of hydrogen-bond donors (Lipinski definition) is 0. The molecule has 3 rings (SSSR count). The molecule has 0 unspecified atom stereocenters. The van der Waals surface area contributed by atoms with Crippen molar-refractivity contribution in [3.63, 3.8) is 0 Å². The van der Waals surface area contributed by atoms with E-state index in [4.69, 9.17) is 11.6 Å². The molecule has 0 atom stereocenters. The molecule has 3 aromatic rings. The number of pyridine rings is 1. The quantitative estimate of drug-likeness (QED) is 0.552. The first-order valence-corrected chi connectivity index (χ1v) is 6.33. The third kappa shape index (κ3) is 2.45. The van der Waals surface area contributed by atoms with Gasteiger partial charge in [0.1, 0.15) is 0 Å². The smallest absolute Gasteiger partial charge is 0.0717 e. The summed E-state index contributed by atoms with van der Waals surface area (Å²) in [7, 11) is 0. The zero-order chi connectivity index (χ0) is 13.1. The van der Waals surface area contributed by atoms with E-state index in [-0.39, 0.29) is 0 Å². The third-order valence-electron chi connectivity index (χ3n) is 2.83. The largest absolute Gasteiger partial charge is 0.255 e. The summed E-state index contributed by atoms with van der Waals surface area (Å²) in [5.41, 5.74) is 2.61. The van der Waals surface area contributed by atoms with Crippen molar-refractivity contribution in [2.45, 2.75) is 0 Å². The zero-order valence-electron chi connectivity index (χ0n) is 10.1. The van der Waals surface area contributed by atoms with Gasteiger partial charge in [0.25, 0.3) is 0 Å². The van der Waals surface area contributed by atoms with Gasteiger partial charge in [-0.15, -0.1) is 0 Å². The van der Waals surface area contributed by atoms with Gasteiger partial charge in [-0.2, -0.15) is 0 Å². The molecule has 1 aromatic heterocycles. The molecule has 0 bridgehead atoms. The van der Waals surface area contributed by atoms with Crippen LogP contribution in [-0.4, -0.2) is 4.98 Å². The Hall–Kier alpha value is -2.30. The Morgan fingerprint density at radius 2 is 1.58 bits per heavy atom. The second-order valence-corrected chi connectivity index (χ2v) is 4.50. The van der Waals surface area contributed by atoms with Crippen LogP contribution >= 0.6 is 11.6 Å². The number of hydrogen-bond acceptors (Lipinski definition) is 1. The standard InChI is InChI=1S/C17H10ClN/c18-17-14(11-10-13-6-2-1-3-7-13)12-19-16-9-5-4-8-15(16)17/h1-9,12H. The second-order valence-electron chi connectivity index (χ2n) is 4.12. The highest BCUT2D eigenvalue weighted by atomic mass is 35.5. The average molecular weight is 264 g/mol. The van der Waals surface area contributed by atoms with Crippen molar-refractivity contribution in [3.05, 3.63) is 76.9 Å². The van der Waals surface area contributed by atoms with E-state index in [0.29, 0.717) is 5.02 Å². The van der Waals surface area contributed by atoms with E-state index in [2.05, 4.69) is 16.8 Å². The molecule has 0 aliphatic carbocycles. The molecule has 0 amide bonds. The summed E-state index contributed by atoms with van der Waals surface area (Å²) in [5, 5.41) is 1.60. The van der Waals surface area contributed by atoms with Gasteiger partial charge in [-0.1, -0.05) is 59.8 Å². The molecule has 1 heterocycles. The van der Waals surface area contributed by atoms with Crippen LogP contribution in [0.2, 0.25) is 5.02 Å². The van der Waals surface area contributed by atoms with Gasteiger partial charge in [0.05, 0.1) is 16.1 Å². The number of aromatic nitrogens is 1. The van der Waals surface area contributed by atoms with Gasteiger partial charge in [0, 0.05) is 17.1 Å². The molecule has 2 heteroatoms. The van der Waals surface area contributed by atoms with E-state index >= 15 is 0 Å². The number of benzene rings is 2. The van der Waals surface area contributed by atoms with Gasteiger partial charge in [-0.3, -0.25) is 4.98 Å². The monoisotopic (exact) mass is 263 g/mol. The second kappa shape index (κ2) is 5.14. The van der Waals surface area contributed by atoms with E-state index < -0.39 is 0 Å². The topological polar surface area (TPSA) is 12.9 Å². The van der Waals surface area contributed by atoms with Crippen LogP contribution in [0, 0.1) is 11.8 Å². The van der Waals surface area contributed by atoms with E-state index in [1.165, 1.54) is 0 Å². The highest BCUT2D eigenvalue weighted by Gasteiger charge is 2.03. The molecule has 0 fully saturated rings. The minimum Gasteiger partial charge on any atom is -0.255 e. The Kier molecular flexibility index (Phi) is 3.18. The van der Waals surface area contributed by atoms with Crippen molar-refractivity contribution >= 4 is 22.5 Å². The van der Waals surface area contributed by atoms with Crippen LogP contribution in [0.1, 0.15) is 11.1 Å². The predicted octanol–water partition coefficient (Wildman–Crippen LogP) is 4.29. The minimum absolute atomic E-state index is 0.661. The van der Waals surface area contributed by atoms with Crippen LogP contribution in [0.15, 0.2) is 60.8 Å². The van der Waals surface area contributed by atoms with E-state index in [0.717, 1.165) is 22.0 Å². The Bertz CT molecular complexity index is 782. The molecular weight excluding hydrogens is 254 g/mol. The third-order valence-corrected chi connectivity index (χ3v) is 3.23. The van der Waals surface area contributed by atoms with Gasteiger partial charge < -0.3 is 0 Å². The van der Waals surface area contributed by atoms with Crippen LogP contribution in [0.3, 0.4) is 0 Å². The Labute approximate surface area is 116 Å². The lowest BCUT2D eigenvalue weighted by Crippen LogP contribution is -1.85. The van der Waals surface area contributed by atoms with Gasteiger partial charge in [0.2, 0.25) is 0 Å². The predicted molar refractivity (Wildman–Crippen MR) is 79.2 cm³/mol. The Morgan fingerprint density at radius 3 is 2.42 bits per heavy atom. The molecule has 0 saturated heterocycles. The van der Waals surface area contributed by atoms with E-state index in [9.17, 15) is 0 Å². The average Bonchev–Trinajstić information content (AvgIpc) is 2.48. The number of nitrogens with zero attached hydrogens (tertiary/aromatic N) is 1. The van der Waals surface area contributed by atoms with E-state index in [1.54, 1.807) is 6.20 Å². The highest BCUT2D eigenvalue weighted by molar-refractivity contribution is 6.36. The summed E-state index contributed by atoms with van der Waals surface area (Å²) >= 11 is 6.37. The van der Waals surface area contributed by atoms with Crippen molar-refractivity contribution in [3.8, 4) is 11.8 Å². The van der Waals surface area contributed by atoms with E-state index in [1.807, 2.05) is 54.6 Å². The number of halogens is 1. The fourth-order valence-corrected chi connectivity index (χ4v) is 2.11. The van der Waals surface area contributed by atoms with Gasteiger partial charge in [0.15, 0.2) is 0 Å². The summed E-state index contributed by atoms with van der Waals surface area (Å²) < 4.78 is 0. The van der Waals surface area contributed by atoms with Crippen LogP contribution in [0.5, 0.6) is 0 Å². The first kappa shape index (κ1) is 11.8. The maximum absolute atomic E-state index is 6.37. The maximum Gasteiger partial charge on any atom is 0.0717 e. The molecule has 0 N–H and O–H groups in total. The fourth-order valence-electron chi connectivity index (χ4n) is 1.86. The Balaban J connectivity index is 2.08. The van der Waals surface area contributed by atoms with Crippen molar-refractivity contribution in [1.82, 2.24) is 4.98 Å². The van der Waals surface area contributed by atoms with Crippen LogP contribution < -0.4 is 0 Å². The highest BCUT2D eigenvalue weighted by Crippen LogP contribution is 2.24. The summed E-state index contributed by atoms with van der Waals surface area (Å²) in [6, 6.07) is 17.6. The molecule has 19 heavy (non-hydrogen) atoms. The minimum atomic E-state index is 0.661. The van der Waals surface area contributed by atoms with Gasteiger partial charge >= 0.3 is 0 Å². The fraction of sp³-hybridized carbons (Fsp3) is 0. The van der Waals surface area contributed by atoms with Crippen LogP contribution in [0.25, 0.3) is 10.9 Å². The van der Waals surface area contributed by atoms with Crippen molar-refractivity contribution in [2.24, 2.45) is 0 Å². The van der Waals surface area contributed by atoms with Gasteiger partial charge in [-0.25, -0.2) is 0 Å². The summed E-state index contributed by atoms with van der Waals surface area (Å²) in [4.78, 5) is 4.37. The maximum atomic E-state index is 6.37. The Morgan fingerprint density at radius 1 is 0.842 bits per heavy atom. The molecule has 2 aromatic carbocycles. The summed E-state index contributed by atoms with van der Waals surface area (Å²) in [6.07, 6.45) is 1.72. The normalized spacial score (nSPS) is 9.95. The number of rotatable bonds is 0. The number of fused-ring (bicyclic) bond motifs is 1. The lowest BCUT2D eigenvalue weighted by molar-refractivity contribution is 1.39. The zero-order valence-corrected chi connectivity index (χ0v) is 10.9. The molecule has 0 radical (unpaired) electrons. The summed E-state index contributed by atoms with van der Waals surface area (Å²) in [6.45, 7) is 0. The lowest BCUT2D eigenvalue weighted by atomic mass is 10.1. The van der Waals surface area contributed by atoms with Crippen LogP contribution in [-0.2, 0) is 0 Å². The molecule has 0 aliphatic rings. The first-order valence-electron chi connectivity index (χ1n) is 5.95. The molecule has 0 saturated carbocycles. The molecule has 90 valence electrons. The van der Waals surface area contributed by atoms with Crippen molar-refractivity contribution in [1.29, 1.82) is 0 Å². The van der Waals surface area contributed by atoms with Crippen LogP contribution in [0.4, 0.5) is 0 Å². The molecular formula is C17H10ClN. The van der Waals surface area contributed by atoms with Crippen molar-refractivity contribution in [2.75, 3.05) is 0 Å². The molecule has 0 aliphatic heterocycles.